The van der Waals surface area contributed by atoms with Gasteiger partial charge in [0.05, 0.1) is 17.7 Å². The molecule has 7 heteroatoms. The zero-order chi connectivity index (χ0) is 26.7. The zero-order valence-electron chi connectivity index (χ0n) is 21.7. The third-order valence-corrected chi connectivity index (χ3v) is 6.18. The van der Waals surface area contributed by atoms with Crippen LogP contribution in [0.25, 0.3) is 0 Å². The van der Waals surface area contributed by atoms with Crippen LogP contribution in [0.15, 0.2) is 91.5 Å². The third kappa shape index (κ3) is 7.40. The van der Waals surface area contributed by atoms with Crippen molar-refractivity contribution in [1.29, 1.82) is 5.26 Å². The Labute approximate surface area is 223 Å². The third-order valence-electron chi connectivity index (χ3n) is 6.18. The van der Waals surface area contributed by atoms with Crippen molar-refractivity contribution in [2.24, 2.45) is 0 Å². The molecule has 7 nitrogen and oxygen atoms in total. The minimum Gasteiger partial charge on any atom is -0.463 e. The number of hydrogen-bond acceptors (Lipinski definition) is 7. The molecule has 0 saturated heterocycles. The molecule has 4 aromatic rings. The molecule has 1 N–H and O–H groups in total. The molecule has 0 aliphatic heterocycles. The molecular weight excluding hydrogens is 474 g/mol. The number of nitrogens with one attached hydrogen (secondary N) is 1. The van der Waals surface area contributed by atoms with Gasteiger partial charge in [0.15, 0.2) is 0 Å². The molecule has 0 saturated carbocycles. The number of hydrogen-bond donors (Lipinski definition) is 1. The molecule has 2 aromatic carbocycles. The van der Waals surface area contributed by atoms with Gasteiger partial charge in [-0.2, -0.15) is 5.26 Å². The van der Waals surface area contributed by atoms with Gasteiger partial charge in [0.25, 0.3) is 0 Å². The van der Waals surface area contributed by atoms with Crippen molar-refractivity contribution in [2.45, 2.75) is 39.4 Å². The highest BCUT2D eigenvalue weighted by atomic mass is 16.5. The van der Waals surface area contributed by atoms with E-state index in [1.54, 1.807) is 24.5 Å². The van der Waals surface area contributed by atoms with Crippen molar-refractivity contribution in [3.8, 4) is 6.07 Å². The maximum atomic E-state index is 11.7. The number of carbonyl (C=O) groups excluding carboxylic acids is 1. The topological polar surface area (TPSA) is 91.1 Å². The summed E-state index contributed by atoms with van der Waals surface area (Å²) in [6.07, 6.45) is 8.18. The Morgan fingerprint density at radius 1 is 0.974 bits per heavy atom. The van der Waals surface area contributed by atoms with Crippen LogP contribution < -0.4 is 10.2 Å². The van der Waals surface area contributed by atoms with E-state index in [-0.39, 0.29) is 18.6 Å². The van der Waals surface area contributed by atoms with Gasteiger partial charge in [0, 0.05) is 56.2 Å². The summed E-state index contributed by atoms with van der Waals surface area (Å²) >= 11 is 0. The van der Waals surface area contributed by atoms with E-state index in [1.807, 2.05) is 36.7 Å². The number of aromatic nitrogens is 2. The second-order valence-electron chi connectivity index (χ2n) is 9.05. The number of esters is 1. The quantitative estimate of drug-likeness (QED) is 0.256. The Bertz CT molecular complexity index is 1330. The number of benzene rings is 2. The minimum absolute atomic E-state index is 0.174. The highest BCUT2D eigenvalue weighted by molar-refractivity contribution is 5.66. The van der Waals surface area contributed by atoms with Crippen molar-refractivity contribution in [2.75, 3.05) is 16.8 Å². The van der Waals surface area contributed by atoms with Crippen LogP contribution >= 0.6 is 0 Å². The van der Waals surface area contributed by atoms with Crippen LogP contribution in [0.1, 0.15) is 47.7 Å². The lowest BCUT2D eigenvalue weighted by atomic mass is 10.00. The average Bonchev–Trinajstić information content (AvgIpc) is 2.96. The highest BCUT2D eigenvalue weighted by Gasteiger charge is 2.18. The predicted molar refractivity (Wildman–Crippen MR) is 148 cm³/mol. The molecule has 0 spiro atoms. The summed E-state index contributed by atoms with van der Waals surface area (Å²) < 4.78 is 5.46. The largest absolute Gasteiger partial charge is 0.463 e. The van der Waals surface area contributed by atoms with Gasteiger partial charge >= 0.3 is 5.97 Å². The van der Waals surface area contributed by atoms with E-state index >= 15 is 0 Å². The number of ether oxygens (including phenoxy) is 1. The van der Waals surface area contributed by atoms with E-state index in [1.165, 1.54) is 12.5 Å². The minimum atomic E-state index is -0.335. The van der Waals surface area contributed by atoms with Crippen LogP contribution in [-0.4, -0.2) is 22.5 Å². The summed E-state index contributed by atoms with van der Waals surface area (Å²) in [5.41, 5.74) is 6.87. The number of carbonyl (C=O) groups is 1. The number of rotatable bonds is 11. The molecule has 0 aliphatic carbocycles. The molecule has 2 heterocycles. The summed E-state index contributed by atoms with van der Waals surface area (Å²) in [5.74, 6) is -0.335. The molecule has 1 unspecified atom stereocenters. The molecule has 0 aliphatic rings. The van der Waals surface area contributed by atoms with Gasteiger partial charge in [-0.1, -0.05) is 25.1 Å². The Kier molecular flexibility index (Phi) is 9.03. The molecule has 4 rings (SSSR count). The fourth-order valence-electron chi connectivity index (χ4n) is 4.21. The Balaban J connectivity index is 1.71. The van der Waals surface area contributed by atoms with Gasteiger partial charge in [-0.15, -0.1) is 0 Å². The first-order valence-electron chi connectivity index (χ1n) is 12.6. The summed E-state index contributed by atoms with van der Waals surface area (Å²) in [6.45, 7) is 5.06. The normalized spacial score (nSPS) is 11.3. The van der Waals surface area contributed by atoms with Crippen molar-refractivity contribution < 1.29 is 9.53 Å². The molecule has 1 atom stereocenters. The van der Waals surface area contributed by atoms with Crippen molar-refractivity contribution in [1.82, 2.24) is 9.97 Å². The monoisotopic (exact) mass is 505 g/mol. The first kappa shape index (κ1) is 26.4. The van der Waals surface area contributed by atoms with Crippen LogP contribution in [0.2, 0.25) is 0 Å². The maximum absolute atomic E-state index is 11.7. The smallest absolute Gasteiger partial charge is 0.302 e. The first-order chi connectivity index (χ1) is 18.5. The van der Waals surface area contributed by atoms with Crippen LogP contribution in [0.3, 0.4) is 0 Å². The highest BCUT2D eigenvalue weighted by Crippen LogP contribution is 2.29. The predicted octanol–water partition coefficient (Wildman–Crippen LogP) is 5.83. The molecule has 38 heavy (non-hydrogen) atoms. The summed E-state index contributed by atoms with van der Waals surface area (Å²) in [5, 5.41) is 12.6. The fraction of sp³-hybridized carbons (Fsp3) is 0.226. The average molecular weight is 506 g/mol. The van der Waals surface area contributed by atoms with Crippen molar-refractivity contribution >= 4 is 17.3 Å². The second kappa shape index (κ2) is 13.0. The standard InChI is InChI=1S/C31H31N5O2/c1-3-24-14-28(31(22-38-23(2)37)35-29-10-8-25(17-32)9-11-29)16-30(15-24)36(20-26-6-4-12-33-18-26)21-27-7-5-13-34-19-27/h4-16,18-19,31,35H,3,20-22H2,1-2H3. The van der Waals surface area contributed by atoms with Gasteiger partial charge in [-0.25, -0.2) is 0 Å². The summed E-state index contributed by atoms with van der Waals surface area (Å²) in [7, 11) is 0. The first-order valence-corrected chi connectivity index (χ1v) is 12.6. The lowest BCUT2D eigenvalue weighted by Gasteiger charge is -2.28. The summed E-state index contributed by atoms with van der Waals surface area (Å²) in [6, 6.07) is 23.7. The molecule has 0 amide bonds. The van der Waals surface area contributed by atoms with Crippen LogP contribution in [0, 0.1) is 11.3 Å². The number of aryl methyl sites for hydroxylation is 1. The van der Waals surface area contributed by atoms with Gasteiger partial charge < -0.3 is 15.0 Å². The van der Waals surface area contributed by atoms with Crippen LogP contribution in [-0.2, 0) is 29.0 Å². The van der Waals surface area contributed by atoms with Crippen molar-refractivity contribution in [3.05, 3.63) is 119 Å². The van der Waals surface area contributed by atoms with E-state index in [0.717, 1.165) is 34.5 Å². The lowest BCUT2D eigenvalue weighted by Crippen LogP contribution is -2.24. The molecule has 0 radical (unpaired) electrons. The van der Waals surface area contributed by atoms with Crippen molar-refractivity contribution in [3.63, 3.8) is 0 Å². The molecular formula is C31H31N5O2. The molecule has 0 bridgehead atoms. The zero-order valence-corrected chi connectivity index (χ0v) is 21.7. The van der Waals surface area contributed by atoms with Gasteiger partial charge in [0.1, 0.15) is 6.61 Å². The lowest BCUT2D eigenvalue weighted by molar-refractivity contribution is -0.141. The number of pyridine rings is 2. The van der Waals surface area contributed by atoms with Gasteiger partial charge in [-0.05, 0) is 77.2 Å². The Morgan fingerprint density at radius 3 is 2.16 bits per heavy atom. The fourth-order valence-corrected chi connectivity index (χ4v) is 4.21. The SMILES string of the molecule is CCc1cc(C(COC(C)=O)Nc2ccc(C#N)cc2)cc(N(Cc2cccnc2)Cc2cccnc2)c1. The maximum Gasteiger partial charge on any atom is 0.302 e. The van der Waals surface area contributed by atoms with Crippen LogP contribution in [0.4, 0.5) is 11.4 Å². The van der Waals surface area contributed by atoms with E-state index in [0.29, 0.717) is 18.7 Å². The Morgan fingerprint density at radius 2 is 1.63 bits per heavy atom. The van der Waals surface area contributed by atoms with E-state index in [9.17, 15) is 4.79 Å². The summed E-state index contributed by atoms with van der Waals surface area (Å²) in [4.78, 5) is 22.6. The molecule has 192 valence electrons. The van der Waals surface area contributed by atoms with Gasteiger partial charge in [0.2, 0.25) is 0 Å². The number of nitrogens with zero attached hydrogens (tertiary/aromatic N) is 4. The van der Waals surface area contributed by atoms with Crippen LogP contribution in [0.5, 0.6) is 0 Å². The number of nitriles is 1. The van der Waals surface area contributed by atoms with E-state index in [4.69, 9.17) is 10.00 Å². The second-order valence-corrected chi connectivity index (χ2v) is 9.05. The van der Waals surface area contributed by atoms with E-state index in [2.05, 4.69) is 63.5 Å². The number of anilines is 2. The van der Waals surface area contributed by atoms with E-state index < -0.39 is 0 Å². The molecule has 0 fully saturated rings. The molecule has 2 aromatic heterocycles. The Hall–Kier alpha value is -4.70. The van der Waals surface area contributed by atoms with Gasteiger partial charge in [-0.3, -0.25) is 14.8 Å².